The molecule has 4 nitrogen and oxygen atoms in total. The van der Waals surface area contributed by atoms with Gasteiger partial charge in [-0.1, -0.05) is 35.7 Å². The zero-order valence-corrected chi connectivity index (χ0v) is 12.2. The predicted octanol–water partition coefficient (Wildman–Crippen LogP) is 2.77. The quantitative estimate of drug-likeness (QED) is 0.523. The summed E-state index contributed by atoms with van der Waals surface area (Å²) in [7, 11) is 0. The monoisotopic (exact) mass is 292 g/mol. The Labute approximate surface area is 129 Å². The van der Waals surface area contributed by atoms with Crippen molar-refractivity contribution in [2.75, 3.05) is 6.61 Å². The van der Waals surface area contributed by atoms with Crippen LogP contribution in [0.1, 0.15) is 21.5 Å². The molecule has 2 rings (SSSR count). The van der Waals surface area contributed by atoms with Crippen molar-refractivity contribution in [2.45, 2.75) is 6.92 Å². The van der Waals surface area contributed by atoms with Crippen molar-refractivity contribution in [3.05, 3.63) is 65.2 Å². The second kappa shape index (κ2) is 7.65. The van der Waals surface area contributed by atoms with E-state index in [-0.39, 0.29) is 12.5 Å². The lowest BCUT2D eigenvalue weighted by Gasteiger charge is -2.05. The molecule has 2 aromatic carbocycles. The summed E-state index contributed by atoms with van der Waals surface area (Å²) in [5, 5.41) is 3.95. The predicted molar refractivity (Wildman–Crippen MR) is 87.0 cm³/mol. The van der Waals surface area contributed by atoms with Crippen LogP contribution in [-0.4, -0.2) is 18.7 Å². The lowest BCUT2D eigenvalue weighted by Crippen LogP contribution is -2.17. The van der Waals surface area contributed by atoms with Crippen molar-refractivity contribution in [3.8, 4) is 18.1 Å². The van der Waals surface area contributed by atoms with Crippen LogP contribution in [0.4, 0.5) is 0 Å². The highest BCUT2D eigenvalue weighted by molar-refractivity contribution is 5.95. The maximum absolute atomic E-state index is 11.9. The van der Waals surface area contributed by atoms with Gasteiger partial charge in [0.25, 0.3) is 5.91 Å². The first-order chi connectivity index (χ1) is 10.7. The Bertz CT molecular complexity index is 713. The number of ether oxygens (including phenoxy) is 1. The van der Waals surface area contributed by atoms with Gasteiger partial charge >= 0.3 is 0 Å². The molecular formula is C18H16N2O2. The molecule has 0 spiro atoms. The molecule has 1 amide bonds. The smallest absolute Gasteiger partial charge is 0.271 e. The minimum Gasteiger partial charge on any atom is -0.480 e. The van der Waals surface area contributed by atoms with Gasteiger partial charge in [0.05, 0.1) is 6.21 Å². The molecule has 0 saturated carbocycles. The topological polar surface area (TPSA) is 50.7 Å². The molecule has 1 N–H and O–H groups in total. The largest absolute Gasteiger partial charge is 0.480 e. The summed E-state index contributed by atoms with van der Waals surface area (Å²) >= 11 is 0. The highest BCUT2D eigenvalue weighted by Crippen LogP contribution is 2.15. The minimum atomic E-state index is -0.265. The van der Waals surface area contributed by atoms with Crippen molar-refractivity contribution in [3.63, 3.8) is 0 Å². The molecule has 0 aromatic heterocycles. The van der Waals surface area contributed by atoms with Gasteiger partial charge in [0, 0.05) is 11.1 Å². The Morgan fingerprint density at radius 3 is 2.73 bits per heavy atom. The fraction of sp³-hybridized carbons (Fsp3) is 0.111. The second-order valence-electron chi connectivity index (χ2n) is 4.60. The van der Waals surface area contributed by atoms with Gasteiger partial charge in [0.15, 0.2) is 0 Å². The van der Waals surface area contributed by atoms with Gasteiger partial charge in [-0.15, -0.1) is 6.42 Å². The van der Waals surface area contributed by atoms with E-state index in [9.17, 15) is 4.79 Å². The zero-order valence-electron chi connectivity index (χ0n) is 12.2. The molecule has 0 aliphatic heterocycles. The molecule has 0 heterocycles. The van der Waals surface area contributed by atoms with E-state index in [2.05, 4.69) is 16.4 Å². The average Bonchev–Trinajstić information content (AvgIpc) is 2.54. The standard InChI is InChI=1S/C18H16N2O2/c1-3-12-22-17-7-5-4-6-16(17)13-19-20-18(21)15-10-8-14(2)9-11-15/h1,4-11,13H,12H2,2H3,(H,20,21)/b19-13-. The van der Waals surface area contributed by atoms with Crippen LogP contribution in [0.25, 0.3) is 0 Å². The molecule has 110 valence electrons. The van der Waals surface area contributed by atoms with Gasteiger partial charge in [-0.2, -0.15) is 5.10 Å². The molecular weight excluding hydrogens is 276 g/mol. The Morgan fingerprint density at radius 2 is 2.00 bits per heavy atom. The summed E-state index contributed by atoms with van der Waals surface area (Å²) in [6, 6.07) is 14.6. The molecule has 0 bridgehead atoms. The molecule has 4 heteroatoms. The summed E-state index contributed by atoms with van der Waals surface area (Å²) < 4.78 is 5.40. The number of nitrogens with one attached hydrogen (secondary N) is 1. The number of nitrogens with zero attached hydrogens (tertiary/aromatic N) is 1. The molecule has 2 aromatic rings. The van der Waals surface area contributed by atoms with Gasteiger partial charge < -0.3 is 4.74 Å². The van der Waals surface area contributed by atoms with Crippen molar-refractivity contribution >= 4 is 12.1 Å². The first kappa shape index (κ1) is 15.3. The Kier molecular flexibility index (Phi) is 5.33. The number of aryl methyl sites for hydroxylation is 1. The lowest BCUT2D eigenvalue weighted by molar-refractivity contribution is 0.0955. The number of hydrazone groups is 1. The van der Waals surface area contributed by atoms with E-state index in [0.29, 0.717) is 11.3 Å². The number of rotatable bonds is 5. The van der Waals surface area contributed by atoms with Gasteiger partial charge in [-0.05, 0) is 31.2 Å². The van der Waals surface area contributed by atoms with Crippen LogP contribution in [0.2, 0.25) is 0 Å². The number of benzene rings is 2. The van der Waals surface area contributed by atoms with Gasteiger partial charge in [-0.3, -0.25) is 4.79 Å². The van der Waals surface area contributed by atoms with Crippen LogP contribution in [0.3, 0.4) is 0 Å². The third-order valence-electron chi connectivity index (χ3n) is 2.91. The Hall–Kier alpha value is -3.06. The number of carbonyl (C=O) groups excluding carboxylic acids is 1. The molecule has 0 aliphatic rings. The van der Waals surface area contributed by atoms with Crippen molar-refractivity contribution in [2.24, 2.45) is 5.10 Å². The van der Waals surface area contributed by atoms with E-state index in [1.165, 1.54) is 6.21 Å². The van der Waals surface area contributed by atoms with Crippen LogP contribution >= 0.6 is 0 Å². The molecule has 0 radical (unpaired) electrons. The fourth-order valence-corrected chi connectivity index (χ4v) is 1.77. The molecule has 0 unspecified atom stereocenters. The molecule has 0 atom stereocenters. The molecule has 0 fully saturated rings. The summed E-state index contributed by atoms with van der Waals surface area (Å²) in [4.78, 5) is 11.9. The van der Waals surface area contributed by atoms with E-state index in [1.807, 2.05) is 37.3 Å². The third-order valence-corrected chi connectivity index (χ3v) is 2.91. The Morgan fingerprint density at radius 1 is 1.27 bits per heavy atom. The molecule has 0 saturated heterocycles. The first-order valence-electron chi connectivity index (χ1n) is 6.76. The summed E-state index contributed by atoms with van der Waals surface area (Å²) in [5.74, 6) is 2.76. The first-order valence-corrected chi connectivity index (χ1v) is 6.76. The van der Waals surface area contributed by atoms with Crippen molar-refractivity contribution in [1.29, 1.82) is 0 Å². The summed E-state index contributed by atoms with van der Waals surface area (Å²) in [5.41, 5.74) is 4.87. The van der Waals surface area contributed by atoms with Crippen molar-refractivity contribution < 1.29 is 9.53 Å². The van der Waals surface area contributed by atoms with Crippen LogP contribution in [0.15, 0.2) is 53.6 Å². The van der Waals surface area contributed by atoms with E-state index in [0.717, 1.165) is 11.1 Å². The lowest BCUT2D eigenvalue weighted by atomic mass is 10.1. The highest BCUT2D eigenvalue weighted by atomic mass is 16.5. The fourth-order valence-electron chi connectivity index (χ4n) is 1.77. The van der Waals surface area contributed by atoms with E-state index in [4.69, 9.17) is 11.2 Å². The zero-order chi connectivity index (χ0) is 15.8. The van der Waals surface area contributed by atoms with Crippen molar-refractivity contribution in [1.82, 2.24) is 5.43 Å². The SMILES string of the molecule is C#CCOc1ccccc1/C=N\NC(=O)c1ccc(C)cc1. The number of hydrogen-bond acceptors (Lipinski definition) is 3. The second-order valence-corrected chi connectivity index (χ2v) is 4.60. The van der Waals surface area contributed by atoms with Crippen LogP contribution in [0.5, 0.6) is 5.75 Å². The normalized spacial score (nSPS) is 10.2. The van der Waals surface area contributed by atoms with Crippen LogP contribution < -0.4 is 10.2 Å². The van der Waals surface area contributed by atoms with Crippen LogP contribution in [-0.2, 0) is 0 Å². The van der Waals surface area contributed by atoms with E-state index in [1.54, 1.807) is 18.2 Å². The summed E-state index contributed by atoms with van der Waals surface area (Å²) in [6.07, 6.45) is 6.70. The molecule has 0 aliphatic carbocycles. The van der Waals surface area contributed by atoms with Gasteiger partial charge in [0.1, 0.15) is 12.4 Å². The molecule has 22 heavy (non-hydrogen) atoms. The van der Waals surface area contributed by atoms with Gasteiger partial charge in [0.2, 0.25) is 0 Å². The van der Waals surface area contributed by atoms with Crippen LogP contribution in [0, 0.1) is 19.3 Å². The maximum atomic E-state index is 11.9. The van der Waals surface area contributed by atoms with E-state index >= 15 is 0 Å². The average molecular weight is 292 g/mol. The minimum absolute atomic E-state index is 0.181. The Balaban J connectivity index is 2.02. The number of hydrogen-bond donors (Lipinski definition) is 1. The highest BCUT2D eigenvalue weighted by Gasteiger charge is 2.03. The third kappa shape index (κ3) is 4.22. The van der Waals surface area contributed by atoms with E-state index < -0.39 is 0 Å². The number of terminal acetylenes is 1. The maximum Gasteiger partial charge on any atom is 0.271 e. The number of para-hydroxylation sites is 1. The number of amides is 1. The summed E-state index contributed by atoms with van der Waals surface area (Å²) in [6.45, 7) is 2.15. The van der Waals surface area contributed by atoms with Gasteiger partial charge in [-0.25, -0.2) is 5.43 Å². The number of carbonyl (C=O) groups is 1.